The van der Waals surface area contributed by atoms with Crippen molar-refractivity contribution in [3.63, 3.8) is 0 Å². The number of hydrogen-bond acceptors (Lipinski definition) is 2. The number of piperidine rings is 1. The summed E-state index contributed by atoms with van der Waals surface area (Å²) in [5.74, 6) is -1.64. The van der Waals surface area contributed by atoms with Gasteiger partial charge in [0.2, 0.25) is 5.91 Å². The predicted molar refractivity (Wildman–Crippen MR) is 111 cm³/mol. The number of carboxylic acids is 1. The lowest BCUT2D eigenvalue weighted by atomic mass is 9.75. The van der Waals surface area contributed by atoms with E-state index in [2.05, 4.69) is 0 Å². The number of hydrogen-bond donors (Lipinski definition) is 1. The summed E-state index contributed by atoms with van der Waals surface area (Å²) < 4.78 is 0. The van der Waals surface area contributed by atoms with E-state index in [0.29, 0.717) is 23.0 Å². The lowest BCUT2D eigenvalue weighted by Crippen LogP contribution is -2.47. The molecule has 1 saturated heterocycles. The van der Waals surface area contributed by atoms with Gasteiger partial charge < -0.3 is 10.0 Å². The molecule has 1 aliphatic rings. The van der Waals surface area contributed by atoms with E-state index >= 15 is 0 Å². The first-order valence-corrected chi connectivity index (χ1v) is 10.2. The summed E-state index contributed by atoms with van der Waals surface area (Å²) in [6.45, 7) is 2.58. The summed E-state index contributed by atoms with van der Waals surface area (Å²) in [6.07, 6.45) is 1.10. The summed E-state index contributed by atoms with van der Waals surface area (Å²) in [4.78, 5) is 26.4. The van der Waals surface area contributed by atoms with Crippen LogP contribution in [0.3, 0.4) is 0 Å². The van der Waals surface area contributed by atoms with Gasteiger partial charge in [0, 0.05) is 28.4 Å². The van der Waals surface area contributed by atoms with Crippen molar-refractivity contribution in [2.75, 3.05) is 6.54 Å². The summed E-state index contributed by atoms with van der Waals surface area (Å²) in [5, 5.41) is 10.6. The first kappa shape index (κ1) is 20.7. The van der Waals surface area contributed by atoms with Gasteiger partial charge >= 0.3 is 5.97 Å². The Balaban J connectivity index is 2.09. The fourth-order valence-electron chi connectivity index (χ4n) is 4.12. The molecule has 3 atom stereocenters. The molecule has 4 nitrogen and oxygen atoms in total. The van der Waals surface area contributed by atoms with Gasteiger partial charge in [0.15, 0.2) is 0 Å². The third-order valence-corrected chi connectivity index (χ3v) is 5.75. The predicted octanol–water partition coefficient (Wildman–Crippen LogP) is 5.55. The van der Waals surface area contributed by atoms with Gasteiger partial charge in [0.1, 0.15) is 0 Å². The van der Waals surface area contributed by atoms with Crippen LogP contribution in [0.15, 0.2) is 48.5 Å². The van der Waals surface area contributed by atoms with Crippen molar-refractivity contribution in [3.8, 4) is 0 Å². The molecule has 0 spiro atoms. The van der Waals surface area contributed by atoms with Gasteiger partial charge in [-0.05, 0) is 48.2 Å². The molecular weight excluding hydrogens is 397 g/mol. The van der Waals surface area contributed by atoms with Gasteiger partial charge in [-0.25, -0.2) is 0 Å². The molecule has 0 bridgehead atoms. The Kier molecular flexibility index (Phi) is 6.63. The van der Waals surface area contributed by atoms with Crippen molar-refractivity contribution < 1.29 is 14.7 Å². The summed E-state index contributed by atoms with van der Waals surface area (Å²) >= 11 is 12.3. The fraction of sp³-hybridized carbons (Fsp3) is 0.364. The number of likely N-dealkylation sites (tertiary alicyclic amines) is 1. The molecule has 1 aliphatic heterocycles. The first-order chi connectivity index (χ1) is 13.4. The number of carbonyl (C=O) groups is 2. The molecule has 0 radical (unpaired) electrons. The van der Waals surface area contributed by atoms with E-state index in [0.717, 1.165) is 17.5 Å². The average molecular weight is 420 g/mol. The van der Waals surface area contributed by atoms with E-state index in [-0.39, 0.29) is 24.3 Å². The normalized spacial score (nSPS) is 22.3. The summed E-state index contributed by atoms with van der Waals surface area (Å²) in [6, 6.07) is 15.0. The lowest BCUT2D eigenvalue weighted by molar-refractivity contribution is -0.149. The number of carbonyl (C=O) groups excluding carboxylic acids is 1. The maximum Gasteiger partial charge on any atom is 0.304 e. The maximum absolute atomic E-state index is 13.2. The van der Waals surface area contributed by atoms with E-state index < -0.39 is 11.9 Å². The highest BCUT2D eigenvalue weighted by atomic mass is 35.5. The Bertz CT molecular complexity index is 853. The van der Waals surface area contributed by atoms with E-state index in [1.165, 1.54) is 0 Å². The molecule has 28 heavy (non-hydrogen) atoms. The highest BCUT2D eigenvalue weighted by molar-refractivity contribution is 6.30. The van der Waals surface area contributed by atoms with Crippen molar-refractivity contribution in [2.45, 2.75) is 38.1 Å². The molecule has 1 heterocycles. The van der Waals surface area contributed by atoms with Crippen LogP contribution in [0.1, 0.15) is 49.3 Å². The Hall–Kier alpha value is -2.04. The van der Waals surface area contributed by atoms with Crippen LogP contribution in [0.4, 0.5) is 0 Å². The quantitative estimate of drug-likeness (QED) is 0.667. The van der Waals surface area contributed by atoms with Crippen LogP contribution in [-0.2, 0) is 9.59 Å². The van der Waals surface area contributed by atoms with Crippen LogP contribution in [-0.4, -0.2) is 28.4 Å². The first-order valence-electron chi connectivity index (χ1n) is 9.44. The Morgan fingerprint density at radius 3 is 2.43 bits per heavy atom. The number of rotatable bonds is 6. The SMILES string of the molecule is CCCN1C(=O)C(CC(=O)O)CC(c2cccc(Cl)c2)C1c1ccc(Cl)cc1. The smallest absolute Gasteiger partial charge is 0.304 e. The highest BCUT2D eigenvalue weighted by Gasteiger charge is 2.43. The molecule has 2 aromatic carbocycles. The molecule has 148 valence electrons. The molecule has 0 saturated carbocycles. The molecule has 3 rings (SSSR count). The largest absolute Gasteiger partial charge is 0.481 e. The molecule has 1 amide bonds. The maximum atomic E-state index is 13.2. The zero-order valence-electron chi connectivity index (χ0n) is 15.6. The van der Waals surface area contributed by atoms with Crippen LogP contribution in [0, 0.1) is 5.92 Å². The van der Waals surface area contributed by atoms with Crippen LogP contribution < -0.4 is 0 Å². The number of halogens is 2. The van der Waals surface area contributed by atoms with Crippen molar-refractivity contribution in [3.05, 3.63) is 69.7 Å². The number of aliphatic carboxylic acids is 1. The molecule has 1 fully saturated rings. The average Bonchev–Trinajstić information content (AvgIpc) is 2.65. The third-order valence-electron chi connectivity index (χ3n) is 5.26. The Labute approximate surface area is 175 Å². The van der Waals surface area contributed by atoms with Crippen LogP contribution >= 0.6 is 23.2 Å². The minimum absolute atomic E-state index is 0.0477. The monoisotopic (exact) mass is 419 g/mol. The van der Waals surface area contributed by atoms with Crippen LogP contribution in [0.2, 0.25) is 10.0 Å². The van der Waals surface area contributed by atoms with Gasteiger partial charge in [-0.3, -0.25) is 9.59 Å². The Morgan fingerprint density at radius 1 is 1.11 bits per heavy atom. The Morgan fingerprint density at radius 2 is 1.82 bits per heavy atom. The molecule has 0 aromatic heterocycles. The zero-order valence-corrected chi connectivity index (χ0v) is 17.2. The van der Waals surface area contributed by atoms with Gasteiger partial charge in [0.05, 0.1) is 12.5 Å². The number of amides is 1. The topological polar surface area (TPSA) is 57.6 Å². The number of nitrogens with zero attached hydrogens (tertiary/aromatic N) is 1. The summed E-state index contributed by atoms with van der Waals surface area (Å²) in [5.41, 5.74) is 2.00. The second-order valence-corrected chi connectivity index (χ2v) is 8.09. The van der Waals surface area contributed by atoms with E-state index in [4.69, 9.17) is 23.2 Å². The van der Waals surface area contributed by atoms with Crippen LogP contribution in [0.25, 0.3) is 0 Å². The van der Waals surface area contributed by atoms with Gasteiger partial charge in [-0.2, -0.15) is 0 Å². The fourth-order valence-corrected chi connectivity index (χ4v) is 4.45. The van der Waals surface area contributed by atoms with E-state index in [1.54, 1.807) is 0 Å². The second kappa shape index (κ2) is 8.97. The van der Waals surface area contributed by atoms with Gasteiger partial charge in [0.25, 0.3) is 0 Å². The van der Waals surface area contributed by atoms with Gasteiger partial charge in [-0.1, -0.05) is 54.4 Å². The molecule has 1 N–H and O–H groups in total. The highest BCUT2D eigenvalue weighted by Crippen LogP contribution is 2.46. The number of carboxylic acid groups (broad SMARTS) is 1. The lowest BCUT2D eigenvalue weighted by Gasteiger charge is -2.45. The van der Waals surface area contributed by atoms with E-state index in [9.17, 15) is 14.7 Å². The van der Waals surface area contributed by atoms with Crippen LogP contribution in [0.5, 0.6) is 0 Å². The minimum Gasteiger partial charge on any atom is -0.481 e. The molecule has 3 unspecified atom stereocenters. The standard InChI is InChI=1S/C22H23Cl2NO3/c1-2-10-25-21(14-6-8-17(23)9-7-14)19(15-4-3-5-18(24)11-15)12-16(22(25)28)13-20(26)27/h3-9,11,16,19,21H,2,10,12-13H2,1H3,(H,26,27). The minimum atomic E-state index is -0.954. The zero-order chi connectivity index (χ0) is 20.3. The molecular formula is C22H23Cl2NO3. The van der Waals surface area contributed by atoms with Crippen molar-refractivity contribution in [2.24, 2.45) is 5.92 Å². The molecule has 2 aromatic rings. The number of benzene rings is 2. The summed E-state index contributed by atoms with van der Waals surface area (Å²) in [7, 11) is 0. The third kappa shape index (κ3) is 4.50. The van der Waals surface area contributed by atoms with Crippen molar-refractivity contribution >= 4 is 35.1 Å². The second-order valence-electron chi connectivity index (χ2n) is 7.22. The van der Waals surface area contributed by atoms with Crippen molar-refractivity contribution in [1.29, 1.82) is 0 Å². The molecule has 0 aliphatic carbocycles. The van der Waals surface area contributed by atoms with Crippen molar-refractivity contribution in [1.82, 2.24) is 4.90 Å². The van der Waals surface area contributed by atoms with Gasteiger partial charge in [-0.15, -0.1) is 0 Å². The molecule has 6 heteroatoms. The van der Waals surface area contributed by atoms with E-state index in [1.807, 2.05) is 60.4 Å².